The van der Waals surface area contributed by atoms with Crippen LogP contribution in [0, 0.1) is 0 Å². The van der Waals surface area contributed by atoms with Crippen LogP contribution in [-0.4, -0.2) is 36.7 Å². The van der Waals surface area contributed by atoms with Gasteiger partial charge in [0.15, 0.2) is 0 Å². The van der Waals surface area contributed by atoms with Crippen LogP contribution in [0.4, 0.5) is 11.4 Å². The number of nitrogens with one attached hydrogen (secondary N) is 4. The molecule has 0 heterocycles. The van der Waals surface area contributed by atoms with Gasteiger partial charge in [0, 0.05) is 46.7 Å². The SMILES string of the molecule is CCCCCCCCCCCCNC(=O)c1ccc(C(=O)Nc2ccc(NC(=O)c3ccc(C(=O)NCCCCCCCCCCCC)cc3)cc2)cc1. The van der Waals surface area contributed by atoms with Crippen molar-refractivity contribution >= 4 is 35.0 Å². The maximum Gasteiger partial charge on any atom is 0.255 e. The van der Waals surface area contributed by atoms with Crippen LogP contribution in [0.3, 0.4) is 0 Å². The van der Waals surface area contributed by atoms with E-state index >= 15 is 0 Å². The second-order valence-corrected chi connectivity index (χ2v) is 14.5. The summed E-state index contributed by atoms with van der Waals surface area (Å²) in [6, 6.07) is 20.1. The largest absolute Gasteiger partial charge is 0.352 e. The molecule has 0 saturated carbocycles. The molecule has 8 heteroatoms. The van der Waals surface area contributed by atoms with E-state index in [0.29, 0.717) is 46.7 Å². The Morgan fingerprint density at radius 1 is 0.333 bits per heavy atom. The van der Waals surface area contributed by atoms with Crippen LogP contribution in [0.25, 0.3) is 0 Å². The number of hydrogen-bond acceptors (Lipinski definition) is 4. The molecular weight excluding hydrogens is 673 g/mol. The minimum atomic E-state index is -0.295. The first-order valence-electron chi connectivity index (χ1n) is 20.9. The summed E-state index contributed by atoms with van der Waals surface area (Å²) >= 11 is 0. The molecule has 0 spiro atoms. The second kappa shape index (κ2) is 27.2. The summed E-state index contributed by atoms with van der Waals surface area (Å²) in [5.41, 5.74) is 3.07. The zero-order valence-electron chi connectivity index (χ0n) is 33.1. The molecule has 8 nitrogen and oxygen atoms in total. The molecule has 0 fully saturated rings. The predicted octanol–water partition coefficient (Wildman–Crippen LogP) is 11.5. The molecule has 3 aromatic carbocycles. The Morgan fingerprint density at radius 2 is 0.574 bits per heavy atom. The number of benzene rings is 3. The molecule has 0 radical (unpaired) electrons. The second-order valence-electron chi connectivity index (χ2n) is 14.5. The Balaban J connectivity index is 1.30. The van der Waals surface area contributed by atoms with Crippen LogP contribution < -0.4 is 21.3 Å². The first-order chi connectivity index (χ1) is 26.4. The number of carbonyl (C=O) groups is 4. The van der Waals surface area contributed by atoms with Crippen molar-refractivity contribution in [3.63, 3.8) is 0 Å². The van der Waals surface area contributed by atoms with Crippen molar-refractivity contribution < 1.29 is 19.2 Å². The van der Waals surface area contributed by atoms with E-state index in [1.807, 2.05) is 0 Å². The summed E-state index contributed by atoms with van der Waals surface area (Å²) in [5.74, 6) is -0.855. The molecule has 0 aliphatic rings. The van der Waals surface area contributed by atoms with Crippen molar-refractivity contribution in [3.8, 4) is 0 Å². The standard InChI is InChI=1S/C46H66N4O4/c1-3-5-7-9-11-13-15-17-19-21-35-47-43(51)37-23-27-39(28-24-37)45(53)49-41-31-33-42(34-32-41)50-46(54)40-29-25-38(26-30-40)44(52)48-36-22-20-18-16-14-12-10-8-6-4-2/h23-34H,3-22,35-36H2,1-2H3,(H,47,51)(H,48,52)(H,49,53)(H,50,54). The molecule has 3 aromatic rings. The Morgan fingerprint density at radius 3 is 0.852 bits per heavy atom. The average Bonchev–Trinajstić information content (AvgIpc) is 3.19. The van der Waals surface area contributed by atoms with Crippen molar-refractivity contribution in [2.45, 2.75) is 142 Å². The van der Waals surface area contributed by atoms with Gasteiger partial charge in [-0.1, -0.05) is 129 Å². The number of unbranched alkanes of at least 4 members (excludes halogenated alkanes) is 18. The first kappa shape index (κ1) is 43.9. The summed E-state index contributed by atoms with van der Waals surface area (Å²) in [4.78, 5) is 50.8. The van der Waals surface area contributed by atoms with E-state index in [9.17, 15) is 19.2 Å². The number of rotatable bonds is 28. The highest BCUT2D eigenvalue weighted by atomic mass is 16.2. The van der Waals surface area contributed by atoms with Gasteiger partial charge in [0.05, 0.1) is 0 Å². The number of amides is 4. The molecule has 0 bridgehead atoms. The average molecular weight is 739 g/mol. The Kier molecular flexibility index (Phi) is 22.1. The number of anilines is 2. The Bertz CT molecular complexity index is 1390. The topological polar surface area (TPSA) is 116 Å². The Hall–Kier alpha value is -4.46. The van der Waals surface area contributed by atoms with Crippen molar-refractivity contribution in [3.05, 3.63) is 95.1 Å². The highest BCUT2D eigenvalue weighted by Gasteiger charge is 2.12. The lowest BCUT2D eigenvalue weighted by Gasteiger charge is -2.10. The molecule has 0 aliphatic carbocycles. The third kappa shape index (κ3) is 18.0. The van der Waals surface area contributed by atoms with Gasteiger partial charge in [0.1, 0.15) is 0 Å². The van der Waals surface area contributed by atoms with Crippen LogP contribution in [-0.2, 0) is 0 Å². The lowest BCUT2D eigenvalue weighted by molar-refractivity contribution is 0.0944. The maximum atomic E-state index is 12.8. The van der Waals surface area contributed by atoms with E-state index in [1.165, 1.54) is 103 Å². The molecule has 0 aromatic heterocycles. The van der Waals surface area contributed by atoms with Gasteiger partial charge >= 0.3 is 0 Å². The fourth-order valence-electron chi connectivity index (χ4n) is 6.42. The summed E-state index contributed by atoms with van der Waals surface area (Å²) in [5, 5.41) is 11.7. The van der Waals surface area contributed by atoms with Crippen molar-refractivity contribution in [1.29, 1.82) is 0 Å². The lowest BCUT2D eigenvalue weighted by Crippen LogP contribution is -2.24. The molecule has 4 amide bonds. The van der Waals surface area contributed by atoms with Crippen molar-refractivity contribution in [1.82, 2.24) is 10.6 Å². The molecule has 3 rings (SSSR count). The number of hydrogen-bond donors (Lipinski definition) is 4. The predicted molar refractivity (Wildman–Crippen MR) is 224 cm³/mol. The highest BCUT2D eigenvalue weighted by molar-refractivity contribution is 6.06. The van der Waals surface area contributed by atoms with Crippen LogP contribution >= 0.6 is 0 Å². The smallest absolute Gasteiger partial charge is 0.255 e. The summed E-state index contributed by atoms with van der Waals surface area (Å²) in [7, 11) is 0. The Labute approximate surface area is 325 Å². The molecule has 0 unspecified atom stereocenters. The fraction of sp³-hybridized carbons (Fsp3) is 0.522. The van der Waals surface area contributed by atoms with Crippen LogP contribution in [0.1, 0.15) is 184 Å². The van der Waals surface area contributed by atoms with Gasteiger partial charge in [-0.3, -0.25) is 19.2 Å². The van der Waals surface area contributed by atoms with Crippen LogP contribution in [0.15, 0.2) is 72.8 Å². The van der Waals surface area contributed by atoms with E-state index in [2.05, 4.69) is 35.1 Å². The van der Waals surface area contributed by atoms with Gasteiger partial charge in [-0.25, -0.2) is 0 Å². The summed E-state index contributed by atoms with van der Waals surface area (Å²) in [6.07, 6.45) is 25.1. The lowest BCUT2D eigenvalue weighted by atomic mass is 10.1. The monoisotopic (exact) mass is 739 g/mol. The van der Waals surface area contributed by atoms with Gasteiger partial charge in [-0.05, 0) is 85.6 Å². The molecule has 4 N–H and O–H groups in total. The van der Waals surface area contributed by atoms with Crippen LogP contribution in [0.5, 0.6) is 0 Å². The normalized spacial score (nSPS) is 10.9. The maximum absolute atomic E-state index is 12.8. The van der Waals surface area contributed by atoms with Gasteiger partial charge in [-0.2, -0.15) is 0 Å². The van der Waals surface area contributed by atoms with Gasteiger partial charge < -0.3 is 21.3 Å². The molecule has 54 heavy (non-hydrogen) atoms. The van der Waals surface area contributed by atoms with E-state index in [4.69, 9.17) is 0 Å². The first-order valence-corrected chi connectivity index (χ1v) is 20.9. The highest BCUT2D eigenvalue weighted by Crippen LogP contribution is 2.17. The molecule has 0 aliphatic heterocycles. The third-order valence-electron chi connectivity index (χ3n) is 9.85. The summed E-state index contributed by atoms with van der Waals surface area (Å²) in [6.45, 7) is 5.79. The fourth-order valence-corrected chi connectivity index (χ4v) is 6.42. The van der Waals surface area contributed by atoms with E-state index < -0.39 is 0 Å². The summed E-state index contributed by atoms with van der Waals surface area (Å²) < 4.78 is 0. The third-order valence-corrected chi connectivity index (χ3v) is 9.85. The van der Waals surface area contributed by atoms with Gasteiger partial charge in [-0.15, -0.1) is 0 Å². The van der Waals surface area contributed by atoms with E-state index in [0.717, 1.165) is 25.7 Å². The molecule has 0 atom stereocenters. The minimum absolute atomic E-state index is 0.133. The molecule has 0 saturated heterocycles. The van der Waals surface area contributed by atoms with E-state index in [-0.39, 0.29) is 23.6 Å². The van der Waals surface area contributed by atoms with E-state index in [1.54, 1.807) is 72.8 Å². The van der Waals surface area contributed by atoms with Crippen LogP contribution in [0.2, 0.25) is 0 Å². The quantitative estimate of drug-likeness (QED) is 0.0555. The van der Waals surface area contributed by atoms with Crippen molar-refractivity contribution in [2.75, 3.05) is 23.7 Å². The number of carbonyl (C=O) groups excluding carboxylic acids is 4. The zero-order chi connectivity index (χ0) is 38.6. The van der Waals surface area contributed by atoms with Gasteiger partial charge in [0.25, 0.3) is 23.6 Å². The minimum Gasteiger partial charge on any atom is -0.352 e. The molecule has 294 valence electrons. The molecular formula is C46H66N4O4. The van der Waals surface area contributed by atoms with Gasteiger partial charge in [0.2, 0.25) is 0 Å². The zero-order valence-corrected chi connectivity index (χ0v) is 33.1. The van der Waals surface area contributed by atoms with Crippen molar-refractivity contribution in [2.24, 2.45) is 0 Å².